The van der Waals surface area contributed by atoms with Crippen LogP contribution in [0.15, 0.2) is 546 Å². The third kappa shape index (κ3) is 14.9. The number of benzene rings is 27. The van der Waals surface area contributed by atoms with Crippen LogP contribution in [0, 0.1) is 0 Å². The van der Waals surface area contributed by atoms with Crippen molar-refractivity contribution in [2.75, 3.05) is 0 Å². The van der Waals surface area contributed by atoms with Gasteiger partial charge in [-0.25, -0.2) is 0 Å². The Kier molecular flexibility index (Phi) is 21.1. The van der Waals surface area contributed by atoms with Crippen molar-refractivity contribution in [1.82, 2.24) is 0 Å². The van der Waals surface area contributed by atoms with E-state index in [1.165, 1.54) is 263 Å². The Morgan fingerprint density at radius 1 is 0.0725 bits per heavy atom. The summed E-state index contributed by atoms with van der Waals surface area (Å²) in [6.07, 6.45) is 0. The second-order valence-electron chi connectivity index (χ2n) is 36.2. The molecular weight excluding hydrogens is 1660 g/mol. The summed E-state index contributed by atoms with van der Waals surface area (Å²) in [6.45, 7) is 0. The van der Waals surface area contributed by atoms with E-state index >= 15 is 0 Å². The maximum atomic E-state index is 2.39. The van der Waals surface area contributed by atoms with Gasteiger partial charge in [-0.05, 0) is 293 Å². The van der Waals surface area contributed by atoms with Crippen LogP contribution in [0.4, 0.5) is 0 Å². The summed E-state index contributed by atoms with van der Waals surface area (Å²) in [7, 11) is 0. The van der Waals surface area contributed by atoms with Gasteiger partial charge in [0.1, 0.15) is 0 Å². The first-order valence-corrected chi connectivity index (χ1v) is 47.8. The molecule has 0 aliphatic carbocycles. The molecule has 0 aliphatic heterocycles. The first kappa shape index (κ1) is 82.0. The molecule has 0 fully saturated rings. The van der Waals surface area contributed by atoms with E-state index in [0.29, 0.717) is 0 Å². The van der Waals surface area contributed by atoms with E-state index in [1.807, 2.05) is 0 Å². The highest BCUT2D eigenvalue weighted by atomic mass is 14.3. The predicted molar refractivity (Wildman–Crippen MR) is 595 cm³/mol. The number of fused-ring (bicyclic) bond motifs is 12. The molecule has 0 aromatic heterocycles. The molecule has 0 heteroatoms. The molecule has 0 atom stereocenters. The lowest BCUT2D eigenvalue weighted by molar-refractivity contribution is 1.61. The molecule has 138 heavy (non-hydrogen) atoms. The van der Waals surface area contributed by atoms with Gasteiger partial charge in [-0.3, -0.25) is 0 Å². The Bertz CT molecular complexity index is 9230. The molecule has 0 N–H and O–H groups in total. The topological polar surface area (TPSA) is 0 Å². The van der Waals surface area contributed by atoms with E-state index in [-0.39, 0.29) is 0 Å². The standard InChI is InChI=1S/3C46H30/c1-2-14-33(15-3-1)45-39-21-6-8-23-41(39)46(42-24-9-7-22-40(42)45)43-26-12-17-32-27-28-35(30-44(32)43)34-18-10-19-36(29-34)38-25-11-16-31-13-4-5-20-37(31)38;1-2-13-35(14-3-1)45-39-18-6-8-20-41(39)46(42-21-9-7-19-40(42)45)43-23-11-16-33-28-29-36(30-44(33)43)31-24-26-34(27-25-31)38-22-10-15-32-12-4-5-17-37(32)38;1-2-12-35(13-3-1)45-39-16-6-8-18-41(39)46(42-19-9-7-17-40(42)45)43-20-10-15-34-26-28-38(30-44(34)43)33-23-21-32(22-24-33)37-27-25-31-11-4-5-14-36(31)29-37/h3*1-30H. The first-order valence-electron chi connectivity index (χ1n) is 47.8. The number of hydrogen-bond acceptors (Lipinski definition) is 0. The SMILES string of the molecule is c1ccc(-c2c3ccccc3c(-c3cccc4ccc(-c5ccc(-c6ccc7ccccc7c6)cc5)cc34)c3ccccc23)cc1.c1ccc(-c2c3ccccc3c(-c3cccc4ccc(-c5ccc(-c6cccc7ccccc67)cc5)cc34)c3ccccc23)cc1.c1ccc(-c2c3ccccc3c(-c3cccc4ccc(-c5cccc(-c6cccc7ccccc67)c5)cc34)c3ccccc23)cc1. The smallest absolute Gasteiger partial charge is 0.00201 e. The van der Waals surface area contributed by atoms with Gasteiger partial charge >= 0.3 is 0 Å². The molecule has 0 saturated carbocycles. The minimum atomic E-state index is 1.22. The van der Waals surface area contributed by atoms with E-state index in [0.717, 1.165) is 0 Å². The lowest BCUT2D eigenvalue weighted by Crippen LogP contribution is -1.91. The van der Waals surface area contributed by atoms with Crippen molar-refractivity contribution < 1.29 is 0 Å². The van der Waals surface area contributed by atoms with Crippen LogP contribution < -0.4 is 0 Å². The highest BCUT2D eigenvalue weighted by Gasteiger charge is 2.24. The summed E-state index contributed by atoms with van der Waals surface area (Å²) in [5.74, 6) is 0. The van der Waals surface area contributed by atoms with Crippen LogP contribution in [-0.2, 0) is 0 Å². The molecule has 642 valence electrons. The fraction of sp³-hybridized carbons (Fsp3) is 0. The summed E-state index contributed by atoms with van der Waals surface area (Å²) in [4.78, 5) is 0. The minimum Gasteiger partial charge on any atom is -0.0622 e. The van der Waals surface area contributed by atoms with Crippen LogP contribution in [0.25, 0.3) is 263 Å². The summed E-state index contributed by atoms with van der Waals surface area (Å²) in [6, 6.07) is 199. The maximum absolute atomic E-state index is 2.39. The van der Waals surface area contributed by atoms with E-state index in [9.17, 15) is 0 Å². The molecular formula is C138H90. The van der Waals surface area contributed by atoms with E-state index in [2.05, 4.69) is 546 Å². The number of hydrogen-bond donors (Lipinski definition) is 0. The molecule has 27 rings (SSSR count). The first-order chi connectivity index (χ1) is 68.5. The molecule has 27 aromatic carbocycles. The third-order valence-corrected chi connectivity index (χ3v) is 28.4. The molecule has 0 radical (unpaired) electrons. The second kappa shape index (κ2) is 35.5. The lowest BCUT2D eigenvalue weighted by atomic mass is 9.84. The van der Waals surface area contributed by atoms with Crippen LogP contribution in [0.3, 0.4) is 0 Å². The van der Waals surface area contributed by atoms with Crippen LogP contribution >= 0.6 is 0 Å². The van der Waals surface area contributed by atoms with Crippen LogP contribution in [0.5, 0.6) is 0 Å². The fourth-order valence-electron chi connectivity index (χ4n) is 21.9. The highest BCUT2D eigenvalue weighted by molar-refractivity contribution is 6.27. The summed E-state index contributed by atoms with van der Waals surface area (Å²) >= 11 is 0. The Morgan fingerprint density at radius 3 is 0.601 bits per heavy atom. The second-order valence-corrected chi connectivity index (χ2v) is 36.2. The van der Waals surface area contributed by atoms with Crippen molar-refractivity contribution in [3.63, 3.8) is 0 Å². The molecule has 0 bridgehead atoms. The highest BCUT2D eigenvalue weighted by Crippen LogP contribution is 2.51. The van der Waals surface area contributed by atoms with Crippen molar-refractivity contribution in [1.29, 1.82) is 0 Å². The normalized spacial score (nSPS) is 11.5. The molecule has 0 saturated heterocycles. The Labute approximate surface area is 802 Å². The van der Waals surface area contributed by atoms with Crippen LogP contribution in [0.1, 0.15) is 0 Å². The average Bonchev–Trinajstić information content (AvgIpc) is 0.733. The zero-order chi connectivity index (χ0) is 91.4. The van der Waals surface area contributed by atoms with Crippen molar-refractivity contribution in [3.05, 3.63) is 546 Å². The van der Waals surface area contributed by atoms with Gasteiger partial charge in [-0.2, -0.15) is 0 Å². The van der Waals surface area contributed by atoms with Gasteiger partial charge in [0.25, 0.3) is 0 Å². The molecule has 0 unspecified atom stereocenters. The van der Waals surface area contributed by atoms with E-state index in [4.69, 9.17) is 0 Å². The Morgan fingerprint density at radius 2 is 0.268 bits per heavy atom. The van der Waals surface area contributed by atoms with Crippen molar-refractivity contribution >= 4 is 129 Å². The van der Waals surface area contributed by atoms with Gasteiger partial charge in [0.05, 0.1) is 0 Å². The third-order valence-electron chi connectivity index (χ3n) is 28.4. The summed E-state index contributed by atoms with van der Waals surface area (Å²) in [5, 5.41) is 30.5. The molecule has 0 nitrogen and oxygen atoms in total. The maximum Gasteiger partial charge on any atom is -0.00201 e. The number of rotatable bonds is 12. The van der Waals surface area contributed by atoms with Gasteiger partial charge in [0, 0.05) is 0 Å². The fourth-order valence-corrected chi connectivity index (χ4v) is 21.9. The average molecular weight is 1750 g/mol. The van der Waals surface area contributed by atoms with Gasteiger partial charge in [-0.1, -0.05) is 516 Å². The van der Waals surface area contributed by atoms with Gasteiger partial charge in [0.2, 0.25) is 0 Å². The lowest BCUT2D eigenvalue weighted by Gasteiger charge is -2.19. The van der Waals surface area contributed by atoms with Crippen LogP contribution in [0.2, 0.25) is 0 Å². The van der Waals surface area contributed by atoms with Crippen molar-refractivity contribution in [2.45, 2.75) is 0 Å². The van der Waals surface area contributed by atoms with Crippen molar-refractivity contribution in [2.24, 2.45) is 0 Å². The quantitative estimate of drug-likeness (QED) is 0.107. The molecule has 0 amide bonds. The van der Waals surface area contributed by atoms with Crippen molar-refractivity contribution in [3.8, 4) is 134 Å². The molecule has 0 aliphatic rings. The molecule has 0 spiro atoms. The zero-order valence-electron chi connectivity index (χ0n) is 76.0. The summed E-state index contributed by atoms with van der Waals surface area (Å²) < 4.78 is 0. The van der Waals surface area contributed by atoms with E-state index in [1.54, 1.807) is 0 Å². The summed E-state index contributed by atoms with van der Waals surface area (Å²) in [5.41, 5.74) is 30.1. The zero-order valence-corrected chi connectivity index (χ0v) is 76.0. The minimum absolute atomic E-state index is 1.22. The van der Waals surface area contributed by atoms with Gasteiger partial charge in [-0.15, -0.1) is 0 Å². The predicted octanol–water partition coefficient (Wildman–Crippen LogP) is 38.9. The van der Waals surface area contributed by atoms with E-state index < -0.39 is 0 Å². The Hall–Kier alpha value is -17.9. The Balaban J connectivity index is 0.000000110. The van der Waals surface area contributed by atoms with Crippen LogP contribution in [-0.4, -0.2) is 0 Å². The largest absolute Gasteiger partial charge is 0.0622 e. The van der Waals surface area contributed by atoms with Gasteiger partial charge < -0.3 is 0 Å². The van der Waals surface area contributed by atoms with Gasteiger partial charge in [0.15, 0.2) is 0 Å². The monoisotopic (exact) mass is 1750 g/mol. The molecule has 27 aromatic rings. The molecule has 0 heterocycles.